The smallest absolute Gasteiger partial charge is 0.375 e. The van der Waals surface area contributed by atoms with Crippen LogP contribution in [0, 0.1) is 0 Å². The van der Waals surface area contributed by atoms with Gasteiger partial charge in [0.2, 0.25) is 11.5 Å². The van der Waals surface area contributed by atoms with Crippen molar-refractivity contribution in [1.82, 2.24) is 19.9 Å². The van der Waals surface area contributed by atoms with Crippen molar-refractivity contribution >= 4 is 56.9 Å². The van der Waals surface area contributed by atoms with Gasteiger partial charge in [-0.3, -0.25) is 9.97 Å². The number of oxazole rings is 2. The molecule has 0 fully saturated rings. The van der Waals surface area contributed by atoms with Crippen molar-refractivity contribution in [1.29, 1.82) is 0 Å². The van der Waals surface area contributed by atoms with Crippen molar-refractivity contribution in [3.05, 3.63) is 118 Å². The van der Waals surface area contributed by atoms with E-state index in [1.807, 2.05) is 48.5 Å². The van der Waals surface area contributed by atoms with Gasteiger partial charge in [0.1, 0.15) is 0 Å². The zero-order valence-electron chi connectivity index (χ0n) is 21.4. The Morgan fingerprint density at radius 3 is 1.67 bits per heavy atom. The highest BCUT2D eigenvalue weighted by atomic mass is 35.5. The lowest BCUT2D eigenvalue weighted by molar-refractivity contribution is 0.0562. The number of ether oxygens (including phenoxy) is 1. The Morgan fingerprint density at radius 1 is 0.738 bits per heavy atom. The van der Waals surface area contributed by atoms with Gasteiger partial charge >= 0.3 is 11.9 Å². The summed E-state index contributed by atoms with van der Waals surface area (Å²) in [5, 5.41) is 11.8. The number of nitrogens with zero attached hydrogens (tertiary/aromatic N) is 4. The first-order valence-electron chi connectivity index (χ1n) is 12.1. The molecular formula is C30H24Cl2N4O6. The van der Waals surface area contributed by atoms with E-state index in [9.17, 15) is 9.59 Å². The summed E-state index contributed by atoms with van der Waals surface area (Å²) in [6.45, 7) is 0. The molecule has 0 aliphatic rings. The second kappa shape index (κ2) is 13.2. The summed E-state index contributed by atoms with van der Waals surface area (Å²) in [5.41, 5.74) is 3.65. The third kappa shape index (κ3) is 7.28. The van der Waals surface area contributed by atoms with Gasteiger partial charge in [0.05, 0.1) is 40.6 Å². The van der Waals surface area contributed by atoms with E-state index in [1.165, 1.54) is 19.5 Å². The number of methoxy groups -OCH3 is 1. The molecule has 42 heavy (non-hydrogen) atoms. The molecule has 0 saturated heterocycles. The van der Waals surface area contributed by atoms with Crippen LogP contribution in [0.2, 0.25) is 10.0 Å². The molecule has 10 nitrogen and oxygen atoms in total. The van der Waals surface area contributed by atoms with E-state index in [-0.39, 0.29) is 18.9 Å². The van der Waals surface area contributed by atoms with Gasteiger partial charge in [-0.25, -0.2) is 19.6 Å². The van der Waals surface area contributed by atoms with Gasteiger partial charge in [0, 0.05) is 36.0 Å². The standard InChI is InChI=1S/C15H11ClN2O3.C14H9ClN2O3.CH4/c1-20-15(19)13-8-18-14(21-13)5-9-2-3-12-10(4-9)6-11(16)7-17-12;15-10-5-9-3-8(1-2-11(9)16-6-10)4-13-17-7-12(20-13)14(18)19;/h2-4,6-8H,5H2,1H3;1-3,5-7H,4H2,(H,18,19);1H4. The van der Waals surface area contributed by atoms with Crippen LogP contribution in [0.5, 0.6) is 0 Å². The molecule has 4 heterocycles. The molecule has 0 amide bonds. The van der Waals surface area contributed by atoms with Gasteiger partial charge < -0.3 is 18.7 Å². The first-order chi connectivity index (χ1) is 19.8. The van der Waals surface area contributed by atoms with Crippen LogP contribution in [0.1, 0.15) is 51.4 Å². The van der Waals surface area contributed by atoms with Gasteiger partial charge in [-0.1, -0.05) is 42.8 Å². The number of carboxylic acid groups (broad SMARTS) is 1. The van der Waals surface area contributed by atoms with Crippen molar-refractivity contribution in [2.75, 3.05) is 7.11 Å². The van der Waals surface area contributed by atoms with E-state index in [0.29, 0.717) is 34.7 Å². The maximum absolute atomic E-state index is 11.3. The van der Waals surface area contributed by atoms with Crippen LogP contribution < -0.4 is 0 Å². The van der Waals surface area contributed by atoms with E-state index < -0.39 is 11.9 Å². The molecule has 6 aromatic rings. The van der Waals surface area contributed by atoms with E-state index in [4.69, 9.17) is 37.1 Å². The van der Waals surface area contributed by atoms with E-state index in [1.54, 1.807) is 12.4 Å². The summed E-state index contributed by atoms with van der Waals surface area (Å²) < 4.78 is 15.1. The van der Waals surface area contributed by atoms with Crippen molar-refractivity contribution < 1.29 is 28.3 Å². The van der Waals surface area contributed by atoms with Gasteiger partial charge in [0.15, 0.2) is 11.8 Å². The third-order valence-corrected chi connectivity index (χ3v) is 6.25. The first-order valence-corrected chi connectivity index (χ1v) is 12.8. The maximum Gasteiger partial charge on any atom is 0.375 e. The monoisotopic (exact) mass is 606 g/mol. The Balaban J connectivity index is 0.000000189. The average Bonchev–Trinajstić information content (AvgIpc) is 3.63. The zero-order chi connectivity index (χ0) is 28.9. The number of hydrogen-bond acceptors (Lipinski definition) is 9. The number of carbonyl (C=O) groups is 2. The first kappa shape index (κ1) is 30.2. The third-order valence-electron chi connectivity index (χ3n) is 5.84. The summed E-state index contributed by atoms with van der Waals surface area (Å²) in [6.07, 6.45) is 6.66. The van der Waals surface area contributed by atoms with Crippen molar-refractivity contribution in [2.45, 2.75) is 20.3 Å². The normalized spacial score (nSPS) is 10.5. The lowest BCUT2D eigenvalue weighted by Crippen LogP contribution is -1.98. The van der Waals surface area contributed by atoms with Gasteiger partial charge in [-0.15, -0.1) is 0 Å². The minimum atomic E-state index is -1.13. The molecular weight excluding hydrogens is 583 g/mol. The number of esters is 1. The van der Waals surface area contributed by atoms with Crippen LogP contribution in [-0.4, -0.2) is 44.1 Å². The molecule has 4 aromatic heterocycles. The van der Waals surface area contributed by atoms with Crippen LogP contribution in [0.3, 0.4) is 0 Å². The number of rotatable bonds is 6. The fourth-order valence-corrected chi connectivity index (χ4v) is 4.29. The number of pyridine rings is 2. The molecule has 214 valence electrons. The minimum Gasteiger partial charge on any atom is -0.475 e. The summed E-state index contributed by atoms with van der Waals surface area (Å²) in [7, 11) is 1.30. The van der Waals surface area contributed by atoms with Crippen LogP contribution in [0.4, 0.5) is 0 Å². The molecule has 0 radical (unpaired) electrons. The Bertz CT molecular complexity index is 1880. The zero-order valence-corrected chi connectivity index (χ0v) is 22.9. The average molecular weight is 607 g/mol. The fourth-order valence-electron chi connectivity index (χ4n) is 3.96. The van der Waals surface area contributed by atoms with Crippen LogP contribution in [0.15, 0.2) is 82.2 Å². The largest absolute Gasteiger partial charge is 0.475 e. The highest BCUT2D eigenvalue weighted by Gasteiger charge is 2.13. The second-order valence-corrected chi connectivity index (χ2v) is 9.62. The summed E-state index contributed by atoms with van der Waals surface area (Å²) in [4.78, 5) is 38.5. The number of aromatic carboxylic acids is 1. The molecule has 6 rings (SSSR count). The predicted octanol–water partition coefficient (Wildman–Crippen LogP) is 7.05. The lowest BCUT2D eigenvalue weighted by atomic mass is 10.1. The van der Waals surface area contributed by atoms with Crippen molar-refractivity contribution in [3.63, 3.8) is 0 Å². The number of fused-ring (bicyclic) bond motifs is 2. The maximum atomic E-state index is 11.3. The minimum absolute atomic E-state index is 0. The van der Waals surface area contributed by atoms with E-state index in [2.05, 4.69) is 24.7 Å². The number of aromatic nitrogens is 4. The molecule has 2 aromatic carbocycles. The van der Waals surface area contributed by atoms with Crippen LogP contribution in [-0.2, 0) is 17.6 Å². The summed E-state index contributed by atoms with van der Waals surface area (Å²) in [6, 6.07) is 15.2. The molecule has 0 bridgehead atoms. The summed E-state index contributed by atoms with van der Waals surface area (Å²) >= 11 is 11.9. The van der Waals surface area contributed by atoms with Crippen molar-refractivity contribution in [2.24, 2.45) is 0 Å². The predicted molar refractivity (Wildman–Crippen MR) is 157 cm³/mol. The quantitative estimate of drug-likeness (QED) is 0.196. The van der Waals surface area contributed by atoms with Crippen molar-refractivity contribution in [3.8, 4) is 0 Å². The topological polar surface area (TPSA) is 141 Å². The number of carbonyl (C=O) groups excluding carboxylic acids is 1. The van der Waals surface area contributed by atoms with Crippen LogP contribution in [0.25, 0.3) is 21.8 Å². The Kier molecular flexibility index (Phi) is 9.51. The highest BCUT2D eigenvalue weighted by molar-refractivity contribution is 6.31. The van der Waals surface area contributed by atoms with E-state index in [0.717, 1.165) is 32.9 Å². The molecule has 0 unspecified atom stereocenters. The lowest BCUT2D eigenvalue weighted by Gasteiger charge is -2.01. The Labute approximate surface area is 249 Å². The molecule has 1 N–H and O–H groups in total. The Morgan fingerprint density at radius 2 is 1.21 bits per heavy atom. The summed E-state index contributed by atoms with van der Waals surface area (Å²) in [5.74, 6) is -0.925. The van der Waals surface area contributed by atoms with Gasteiger partial charge in [-0.2, -0.15) is 0 Å². The number of hydrogen-bond donors (Lipinski definition) is 1. The molecule has 0 spiro atoms. The SMILES string of the molecule is C.COC(=O)c1cnc(Cc2ccc3ncc(Cl)cc3c2)o1.O=C(O)c1cnc(Cc2ccc3ncc(Cl)cc3c2)o1. The fraction of sp³-hybridized carbons (Fsp3) is 0.133. The highest BCUT2D eigenvalue weighted by Crippen LogP contribution is 2.21. The number of halogens is 2. The van der Waals surface area contributed by atoms with Crippen LogP contribution >= 0.6 is 23.2 Å². The molecule has 12 heteroatoms. The molecule has 0 atom stereocenters. The number of carboxylic acids is 1. The van der Waals surface area contributed by atoms with Gasteiger partial charge in [-0.05, 0) is 47.5 Å². The molecule has 0 aliphatic heterocycles. The molecule has 0 aliphatic carbocycles. The Hall–Kier alpha value is -4.80. The second-order valence-electron chi connectivity index (χ2n) is 8.75. The van der Waals surface area contributed by atoms with Gasteiger partial charge in [0.25, 0.3) is 0 Å². The van der Waals surface area contributed by atoms with E-state index >= 15 is 0 Å². The number of benzene rings is 2. The molecule has 0 saturated carbocycles.